The number of sulfonamides is 1. The van der Waals surface area contributed by atoms with Gasteiger partial charge in [0.25, 0.3) is 15.9 Å². The van der Waals surface area contributed by atoms with Gasteiger partial charge in [-0.25, -0.2) is 8.42 Å². The molecule has 1 amide bonds. The molecule has 0 aliphatic heterocycles. The Morgan fingerprint density at radius 1 is 1.21 bits per heavy atom. The number of nitrogens with one attached hydrogen (secondary N) is 1. The van der Waals surface area contributed by atoms with E-state index in [4.69, 9.17) is 16.4 Å². The van der Waals surface area contributed by atoms with Crippen molar-refractivity contribution in [1.82, 2.24) is 9.79 Å². The molecule has 0 saturated heterocycles. The van der Waals surface area contributed by atoms with Crippen molar-refractivity contribution in [2.45, 2.75) is 11.4 Å². The molecule has 0 saturated carbocycles. The molecule has 0 radical (unpaired) electrons. The molecule has 0 heterocycles. The summed E-state index contributed by atoms with van der Waals surface area (Å²) in [4.78, 5) is 16.9. The molecule has 0 bridgehead atoms. The Bertz CT molecular complexity index is 822. The quantitative estimate of drug-likeness (QED) is 0.795. The van der Waals surface area contributed by atoms with E-state index in [1.54, 1.807) is 18.2 Å². The van der Waals surface area contributed by atoms with E-state index in [1.165, 1.54) is 38.4 Å². The van der Waals surface area contributed by atoms with E-state index in [-0.39, 0.29) is 10.8 Å². The van der Waals surface area contributed by atoms with Crippen LogP contribution in [0.5, 0.6) is 0 Å². The maximum atomic E-state index is 12.1. The fourth-order valence-corrected chi connectivity index (χ4v) is 3.14. The lowest BCUT2D eigenvalue weighted by Crippen LogP contribution is -2.26. The molecule has 0 aliphatic carbocycles. The van der Waals surface area contributed by atoms with Crippen molar-refractivity contribution in [3.63, 3.8) is 0 Å². The molecule has 128 valence electrons. The third-order valence-electron chi connectivity index (χ3n) is 3.35. The predicted octanol–water partition coefficient (Wildman–Crippen LogP) is 2.45. The molecule has 2 aromatic carbocycles. The molecule has 24 heavy (non-hydrogen) atoms. The number of halogens is 1. The third kappa shape index (κ3) is 4.33. The van der Waals surface area contributed by atoms with Crippen molar-refractivity contribution >= 4 is 27.5 Å². The van der Waals surface area contributed by atoms with Crippen LogP contribution in [0.2, 0.25) is 5.02 Å². The summed E-state index contributed by atoms with van der Waals surface area (Å²) in [6.45, 7) is 0.325. The summed E-state index contributed by atoms with van der Waals surface area (Å²) in [5.41, 5.74) is 1.23. The van der Waals surface area contributed by atoms with Crippen molar-refractivity contribution < 1.29 is 18.0 Å². The van der Waals surface area contributed by atoms with Gasteiger partial charge in [0.2, 0.25) is 0 Å². The van der Waals surface area contributed by atoms with Crippen molar-refractivity contribution in [3.05, 3.63) is 64.7 Å². The summed E-state index contributed by atoms with van der Waals surface area (Å²) in [6.07, 6.45) is 0. The van der Waals surface area contributed by atoms with Crippen molar-refractivity contribution in [3.8, 4) is 0 Å². The third-order valence-corrected chi connectivity index (χ3v) is 5.28. The lowest BCUT2D eigenvalue weighted by molar-refractivity contribution is -0.0258. The molecule has 2 aromatic rings. The highest BCUT2D eigenvalue weighted by atomic mass is 35.5. The van der Waals surface area contributed by atoms with Crippen LogP contribution in [-0.4, -0.2) is 33.0 Å². The standard InChI is InChI=1S/C16H17ClN2O4S/c1-19(23-2)24(21,22)15-8-6-13(7-9-15)16(20)18-11-12-4-3-5-14(17)10-12/h3-10H,11H2,1-2H3,(H,18,20). The Kier molecular flexibility index (Phi) is 5.95. The number of benzene rings is 2. The first-order valence-corrected chi connectivity index (χ1v) is 8.82. The van der Waals surface area contributed by atoms with Crippen LogP contribution < -0.4 is 5.32 Å². The molecular weight excluding hydrogens is 352 g/mol. The summed E-state index contributed by atoms with van der Waals surface area (Å²) in [6, 6.07) is 12.8. The molecule has 8 heteroatoms. The first kappa shape index (κ1) is 18.4. The second kappa shape index (κ2) is 7.76. The van der Waals surface area contributed by atoms with Gasteiger partial charge in [-0.05, 0) is 42.0 Å². The van der Waals surface area contributed by atoms with Crippen molar-refractivity contribution in [1.29, 1.82) is 0 Å². The molecular formula is C16H17ClN2O4S. The second-order valence-electron chi connectivity index (χ2n) is 4.93. The van der Waals surface area contributed by atoms with Gasteiger partial charge in [-0.3, -0.25) is 9.63 Å². The number of amides is 1. The Hall–Kier alpha value is -1.93. The highest BCUT2D eigenvalue weighted by molar-refractivity contribution is 7.89. The Morgan fingerprint density at radius 2 is 1.88 bits per heavy atom. The lowest BCUT2D eigenvalue weighted by atomic mass is 10.2. The average molecular weight is 369 g/mol. The van der Waals surface area contributed by atoms with Crippen molar-refractivity contribution in [2.75, 3.05) is 14.2 Å². The highest BCUT2D eigenvalue weighted by Gasteiger charge is 2.20. The van der Waals surface area contributed by atoms with E-state index in [9.17, 15) is 13.2 Å². The maximum Gasteiger partial charge on any atom is 0.264 e. The second-order valence-corrected chi connectivity index (χ2v) is 7.31. The minimum absolute atomic E-state index is 0.0400. The zero-order valence-electron chi connectivity index (χ0n) is 13.2. The molecule has 0 spiro atoms. The normalized spacial score (nSPS) is 11.5. The SMILES string of the molecule is CON(C)S(=O)(=O)c1ccc(C(=O)NCc2cccc(Cl)c2)cc1. The largest absolute Gasteiger partial charge is 0.348 e. The summed E-state index contributed by atoms with van der Waals surface area (Å²) < 4.78 is 24.9. The van der Waals surface area contributed by atoms with Gasteiger partial charge in [-0.15, -0.1) is 0 Å². The first-order valence-electron chi connectivity index (χ1n) is 7.00. The molecule has 0 atom stereocenters. The summed E-state index contributed by atoms with van der Waals surface area (Å²) >= 11 is 5.89. The molecule has 0 aliphatic rings. The van der Waals surface area contributed by atoms with Gasteiger partial charge in [0.1, 0.15) is 0 Å². The maximum absolute atomic E-state index is 12.1. The predicted molar refractivity (Wildman–Crippen MR) is 91.0 cm³/mol. The summed E-state index contributed by atoms with van der Waals surface area (Å²) in [5.74, 6) is -0.306. The van der Waals surface area contributed by atoms with Gasteiger partial charge >= 0.3 is 0 Å². The number of carbonyl (C=O) groups is 1. The van der Waals surface area contributed by atoms with Gasteiger partial charge in [-0.2, -0.15) is 0 Å². The van der Waals surface area contributed by atoms with Crippen LogP contribution in [0, 0.1) is 0 Å². The number of hydroxylamine groups is 1. The van der Waals surface area contributed by atoms with E-state index in [0.717, 1.165) is 10.0 Å². The zero-order valence-corrected chi connectivity index (χ0v) is 14.8. The summed E-state index contributed by atoms with van der Waals surface area (Å²) in [5, 5.41) is 3.35. The topological polar surface area (TPSA) is 75.7 Å². The van der Waals surface area contributed by atoms with Gasteiger partial charge in [-0.1, -0.05) is 28.2 Å². The minimum Gasteiger partial charge on any atom is -0.348 e. The lowest BCUT2D eigenvalue weighted by Gasteiger charge is -2.14. The number of hydrogen-bond donors (Lipinski definition) is 1. The van der Waals surface area contributed by atoms with Crippen LogP contribution in [0.15, 0.2) is 53.4 Å². The molecule has 1 N–H and O–H groups in total. The van der Waals surface area contributed by atoms with Crippen LogP contribution in [0.3, 0.4) is 0 Å². The fraction of sp³-hybridized carbons (Fsp3) is 0.188. The zero-order chi connectivity index (χ0) is 17.7. The summed E-state index contributed by atoms with van der Waals surface area (Å²) in [7, 11) is -1.18. The Morgan fingerprint density at radius 3 is 2.46 bits per heavy atom. The van der Waals surface area contributed by atoms with Gasteiger partial charge in [0, 0.05) is 24.2 Å². The Labute approximate surface area is 146 Å². The molecule has 6 nitrogen and oxygen atoms in total. The minimum atomic E-state index is -3.73. The van der Waals surface area contributed by atoms with E-state index in [0.29, 0.717) is 17.1 Å². The monoisotopic (exact) mass is 368 g/mol. The molecule has 0 aromatic heterocycles. The highest BCUT2D eigenvalue weighted by Crippen LogP contribution is 2.15. The first-order chi connectivity index (χ1) is 11.3. The van der Waals surface area contributed by atoms with Crippen molar-refractivity contribution in [2.24, 2.45) is 0 Å². The van der Waals surface area contributed by atoms with Gasteiger partial charge in [0.05, 0.1) is 12.0 Å². The number of nitrogens with zero attached hydrogens (tertiary/aromatic N) is 1. The molecule has 0 fully saturated rings. The van der Waals surface area contributed by atoms with E-state index < -0.39 is 10.0 Å². The smallest absolute Gasteiger partial charge is 0.264 e. The fourth-order valence-electron chi connectivity index (χ4n) is 1.96. The van der Waals surface area contributed by atoms with Crippen LogP contribution in [0.1, 0.15) is 15.9 Å². The van der Waals surface area contributed by atoms with E-state index in [2.05, 4.69) is 5.32 Å². The average Bonchev–Trinajstić information content (AvgIpc) is 2.59. The van der Waals surface area contributed by atoms with E-state index >= 15 is 0 Å². The number of carbonyl (C=O) groups excluding carboxylic acids is 1. The molecule has 2 rings (SSSR count). The molecule has 0 unspecified atom stereocenters. The number of rotatable bonds is 6. The number of hydrogen-bond acceptors (Lipinski definition) is 4. The van der Waals surface area contributed by atoms with E-state index in [1.807, 2.05) is 6.07 Å². The van der Waals surface area contributed by atoms with Crippen LogP contribution in [-0.2, 0) is 21.4 Å². The van der Waals surface area contributed by atoms with Crippen LogP contribution in [0.25, 0.3) is 0 Å². The van der Waals surface area contributed by atoms with Crippen LogP contribution in [0.4, 0.5) is 0 Å². The van der Waals surface area contributed by atoms with Gasteiger partial charge in [0.15, 0.2) is 0 Å². The van der Waals surface area contributed by atoms with Gasteiger partial charge < -0.3 is 5.32 Å². The van der Waals surface area contributed by atoms with Crippen LogP contribution >= 0.6 is 11.6 Å². The Balaban J connectivity index is 2.06.